The van der Waals surface area contributed by atoms with Crippen LogP contribution in [0.1, 0.15) is 15.9 Å². The van der Waals surface area contributed by atoms with Gasteiger partial charge in [-0.1, -0.05) is 18.2 Å². The molecule has 0 spiro atoms. The third-order valence-corrected chi connectivity index (χ3v) is 5.26. The van der Waals surface area contributed by atoms with Gasteiger partial charge in [0.25, 0.3) is 11.5 Å². The Labute approximate surface area is 164 Å². The van der Waals surface area contributed by atoms with E-state index in [0.29, 0.717) is 17.9 Å². The summed E-state index contributed by atoms with van der Waals surface area (Å²) in [6.45, 7) is 0.611. The molecule has 1 aliphatic heterocycles. The zero-order valence-corrected chi connectivity index (χ0v) is 16.6. The third kappa shape index (κ3) is 2.81. The van der Waals surface area contributed by atoms with Gasteiger partial charge in [-0.2, -0.15) is 0 Å². The summed E-state index contributed by atoms with van der Waals surface area (Å²) in [5.74, 6) is -0.380. The van der Waals surface area contributed by atoms with E-state index in [1.165, 1.54) is 0 Å². The molecule has 1 aromatic heterocycles. The Balaban J connectivity index is 1.82. The molecule has 0 saturated heterocycles. The van der Waals surface area contributed by atoms with Crippen molar-refractivity contribution < 1.29 is 4.79 Å². The fourth-order valence-corrected chi connectivity index (χ4v) is 3.93. The molecule has 0 fully saturated rings. The van der Waals surface area contributed by atoms with Crippen molar-refractivity contribution in [3.05, 3.63) is 63.9 Å². The van der Waals surface area contributed by atoms with Crippen LogP contribution >= 0.6 is 0 Å². The highest BCUT2D eigenvalue weighted by molar-refractivity contribution is 6.13. The molecule has 0 saturated carbocycles. The Bertz CT molecular complexity index is 1130. The zero-order chi connectivity index (χ0) is 20.0. The van der Waals surface area contributed by atoms with E-state index in [1.807, 2.05) is 74.4 Å². The third-order valence-electron chi connectivity index (χ3n) is 5.26. The summed E-state index contributed by atoms with van der Waals surface area (Å²) in [7, 11) is 7.66. The lowest BCUT2D eigenvalue weighted by Crippen LogP contribution is -2.32. The Morgan fingerprint density at radius 1 is 1.00 bits per heavy atom. The van der Waals surface area contributed by atoms with Crippen LogP contribution in [-0.4, -0.2) is 38.7 Å². The van der Waals surface area contributed by atoms with E-state index in [1.54, 1.807) is 4.57 Å². The van der Waals surface area contributed by atoms with E-state index in [9.17, 15) is 9.59 Å². The Morgan fingerprint density at radius 2 is 1.71 bits per heavy atom. The van der Waals surface area contributed by atoms with Crippen molar-refractivity contribution in [3.63, 3.8) is 0 Å². The molecule has 2 aromatic carbocycles. The first kappa shape index (κ1) is 18.1. The van der Waals surface area contributed by atoms with E-state index in [-0.39, 0.29) is 17.0 Å². The van der Waals surface area contributed by atoms with Crippen LogP contribution in [0.4, 0.5) is 17.1 Å². The number of para-hydroxylation sites is 1. The number of aromatic nitrogens is 1. The van der Waals surface area contributed by atoms with Crippen molar-refractivity contribution in [3.8, 4) is 0 Å². The second kappa shape index (κ2) is 6.71. The molecule has 0 unspecified atom stereocenters. The highest BCUT2D eigenvalue weighted by Crippen LogP contribution is 2.33. The summed E-state index contributed by atoms with van der Waals surface area (Å²) in [4.78, 5) is 30.2. The Kier molecular flexibility index (Phi) is 4.34. The average Bonchev–Trinajstić information content (AvgIpc) is 3.10. The normalized spacial score (nSPS) is 12.3. The number of aryl methyl sites for hydroxylation is 2. The SMILES string of the molecule is CN(C)c1ccc(NC(=O)c2c(N(C)C)c3cccc4c3n(c2=O)CC4)cc1. The summed E-state index contributed by atoms with van der Waals surface area (Å²) in [6.07, 6.45) is 0.816. The molecule has 2 heterocycles. The second-order valence-corrected chi connectivity index (χ2v) is 7.53. The van der Waals surface area contributed by atoms with Crippen LogP contribution in [-0.2, 0) is 13.0 Å². The molecule has 3 aromatic rings. The average molecular weight is 376 g/mol. The van der Waals surface area contributed by atoms with E-state index < -0.39 is 0 Å². The number of hydrogen-bond acceptors (Lipinski definition) is 4. The topological polar surface area (TPSA) is 57.6 Å². The smallest absolute Gasteiger partial charge is 0.266 e. The second-order valence-electron chi connectivity index (χ2n) is 7.53. The minimum atomic E-state index is -0.380. The highest BCUT2D eigenvalue weighted by Gasteiger charge is 2.27. The van der Waals surface area contributed by atoms with Crippen LogP contribution in [0.5, 0.6) is 0 Å². The summed E-state index contributed by atoms with van der Waals surface area (Å²) in [5, 5.41) is 3.83. The summed E-state index contributed by atoms with van der Waals surface area (Å²) >= 11 is 0. The number of amides is 1. The van der Waals surface area contributed by atoms with Gasteiger partial charge < -0.3 is 19.7 Å². The van der Waals surface area contributed by atoms with Crippen LogP contribution in [0.25, 0.3) is 10.9 Å². The van der Waals surface area contributed by atoms with E-state index >= 15 is 0 Å². The van der Waals surface area contributed by atoms with E-state index in [4.69, 9.17) is 0 Å². The minimum Gasteiger partial charge on any atom is -0.378 e. The van der Waals surface area contributed by atoms with Crippen molar-refractivity contribution in [2.24, 2.45) is 0 Å². The quantitative estimate of drug-likeness (QED) is 0.761. The van der Waals surface area contributed by atoms with E-state index in [0.717, 1.165) is 28.6 Å². The first-order valence-electron chi connectivity index (χ1n) is 9.33. The Hall–Kier alpha value is -3.28. The number of hydrogen-bond donors (Lipinski definition) is 1. The number of nitrogens with one attached hydrogen (secondary N) is 1. The predicted octanol–water partition coefficient (Wildman–Crippen LogP) is 2.94. The molecule has 0 aliphatic carbocycles. The molecule has 1 aliphatic rings. The standard InChI is InChI=1S/C22H24N4O2/c1-24(2)16-10-8-15(9-11-16)23-21(27)18-20(25(3)4)17-7-5-6-14-12-13-26(19(14)17)22(18)28/h5-11H,12-13H2,1-4H3,(H,23,27). The summed E-state index contributed by atoms with van der Waals surface area (Å²) < 4.78 is 1.74. The minimum absolute atomic E-state index is 0.188. The van der Waals surface area contributed by atoms with Crippen molar-refractivity contribution in [2.45, 2.75) is 13.0 Å². The van der Waals surface area contributed by atoms with Gasteiger partial charge >= 0.3 is 0 Å². The van der Waals surface area contributed by atoms with Crippen LogP contribution in [0, 0.1) is 0 Å². The number of rotatable bonds is 4. The van der Waals surface area contributed by atoms with Crippen molar-refractivity contribution >= 4 is 33.9 Å². The molecule has 4 rings (SSSR count). The predicted molar refractivity (Wildman–Crippen MR) is 115 cm³/mol. The van der Waals surface area contributed by atoms with Gasteiger partial charge in [0.15, 0.2) is 0 Å². The fraction of sp³-hybridized carbons (Fsp3) is 0.273. The molecular weight excluding hydrogens is 352 g/mol. The maximum absolute atomic E-state index is 13.2. The molecule has 0 radical (unpaired) electrons. The van der Waals surface area contributed by atoms with Gasteiger partial charge in [-0.15, -0.1) is 0 Å². The summed E-state index contributed by atoms with van der Waals surface area (Å²) in [6, 6.07) is 13.6. The number of carbonyl (C=O) groups is 1. The van der Waals surface area contributed by atoms with Gasteiger partial charge in [0.2, 0.25) is 0 Å². The number of benzene rings is 2. The van der Waals surface area contributed by atoms with Crippen LogP contribution in [0.15, 0.2) is 47.3 Å². The van der Waals surface area contributed by atoms with Gasteiger partial charge in [-0.3, -0.25) is 9.59 Å². The first-order valence-corrected chi connectivity index (χ1v) is 9.33. The van der Waals surface area contributed by atoms with Gasteiger partial charge in [-0.25, -0.2) is 0 Å². The maximum atomic E-state index is 13.2. The lowest BCUT2D eigenvalue weighted by molar-refractivity contribution is 0.102. The first-order chi connectivity index (χ1) is 13.4. The van der Waals surface area contributed by atoms with Crippen LogP contribution in [0.2, 0.25) is 0 Å². The van der Waals surface area contributed by atoms with Crippen molar-refractivity contribution in [1.29, 1.82) is 0 Å². The lowest BCUT2D eigenvalue weighted by Gasteiger charge is -2.21. The molecule has 0 bridgehead atoms. The number of nitrogens with zero attached hydrogens (tertiary/aromatic N) is 3. The highest BCUT2D eigenvalue weighted by atomic mass is 16.2. The molecule has 1 N–H and O–H groups in total. The molecule has 0 atom stereocenters. The van der Waals surface area contributed by atoms with Crippen molar-refractivity contribution in [2.75, 3.05) is 43.3 Å². The zero-order valence-electron chi connectivity index (χ0n) is 16.6. The number of carbonyl (C=O) groups excluding carboxylic acids is 1. The molecule has 144 valence electrons. The number of pyridine rings is 1. The molecule has 28 heavy (non-hydrogen) atoms. The van der Waals surface area contributed by atoms with Crippen molar-refractivity contribution in [1.82, 2.24) is 4.57 Å². The Morgan fingerprint density at radius 3 is 2.36 bits per heavy atom. The van der Waals surface area contributed by atoms with E-state index in [2.05, 4.69) is 11.4 Å². The maximum Gasteiger partial charge on any atom is 0.266 e. The lowest BCUT2D eigenvalue weighted by atomic mass is 10.0. The molecule has 1 amide bonds. The fourth-order valence-electron chi connectivity index (χ4n) is 3.93. The van der Waals surface area contributed by atoms with Gasteiger partial charge in [0.1, 0.15) is 5.56 Å². The molecule has 6 nitrogen and oxygen atoms in total. The molecule has 6 heteroatoms. The van der Waals surface area contributed by atoms with Crippen LogP contribution < -0.4 is 20.7 Å². The van der Waals surface area contributed by atoms with Crippen LogP contribution in [0.3, 0.4) is 0 Å². The van der Waals surface area contributed by atoms with Gasteiger partial charge in [0.05, 0.1) is 11.2 Å². The van der Waals surface area contributed by atoms with Gasteiger partial charge in [-0.05, 0) is 36.2 Å². The monoisotopic (exact) mass is 376 g/mol. The molecular formula is C22H24N4O2. The van der Waals surface area contributed by atoms with Gasteiger partial charge in [0, 0.05) is 51.5 Å². The summed E-state index contributed by atoms with van der Waals surface area (Å²) in [5.41, 5.74) is 4.43. The largest absolute Gasteiger partial charge is 0.378 e. The number of anilines is 3.